The van der Waals surface area contributed by atoms with Gasteiger partial charge in [0.15, 0.2) is 6.16 Å². The molecule has 1 atom stereocenters. The number of nitrogens with one attached hydrogen (secondary N) is 1. The van der Waals surface area contributed by atoms with Crippen molar-refractivity contribution >= 4 is 14.1 Å². The smallest absolute Gasteiger partial charge is 0.444 e. The van der Waals surface area contributed by atoms with Gasteiger partial charge in [0.25, 0.3) is 0 Å². The molecule has 1 unspecified atom stereocenters. The molecule has 0 aliphatic rings. The van der Waals surface area contributed by atoms with Crippen LogP contribution in [-0.4, -0.2) is 18.9 Å². The quantitative estimate of drug-likeness (QED) is 0.408. The van der Waals surface area contributed by atoms with Gasteiger partial charge in [-0.15, -0.1) is 5.48 Å². The zero-order valence-electron chi connectivity index (χ0n) is 6.78. The average Bonchev–Trinajstić information content (AvgIpc) is 2.10. The van der Waals surface area contributed by atoms with Crippen LogP contribution in [0.3, 0.4) is 0 Å². The van der Waals surface area contributed by atoms with E-state index >= 15 is 0 Å². The summed E-state index contributed by atoms with van der Waals surface area (Å²) in [6, 6.07) is 0. The molecule has 0 aromatic heterocycles. The van der Waals surface area contributed by atoms with E-state index in [0.29, 0.717) is 6.16 Å². The van der Waals surface area contributed by atoms with E-state index in [1.165, 1.54) is 6.08 Å². The summed E-state index contributed by atoms with van der Waals surface area (Å²) in [6.07, 6.45) is 0.989. The lowest BCUT2D eigenvalue weighted by Gasteiger charge is -1.97. The summed E-state index contributed by atoms with van der Waals surface area (Å²) in [7, 11) is -1.81. The first-order valence-electron chi connectivity index (χ1n) is 3.36. The summed E-state index contributed by atoms with van der Waals surface area (Å²) in [5.41, 5.74) is 1.88. The lowest BCUT2D eigenvalue weighted by Crippen LogP contribution is -2.22. The minimum absolute atomic E-state index is 0.0953. The fourth-order valence-corrected chi connectivity index (χ4v) is 0.622. The predicted octanol–water partition coefficient (Wildman–Crippen LogP) is 1.59. The maximum absolute atomic E-state index is 10.6. The lowest BCUT2D eigenvalue weighted by atomic mass is 10.7. The number of rotatable bonds is 5. The number of ether oxygens (including phenoxy) is 1. The standard InChI is InChI=1S/C6H10NO4P/c1-3-5-10-6(8)7-11-12(9)4-2/h3H,1,4-5H2,2H3/p+1. The molecule has 0 fully saturated rings. The third-order valence-electron chi connectivity index (χ3n) is 0.821. The fourth-order valence-electron chi connectivity index (χ4n) is 0.317. The van der Waals surface area contributed by atoms with E-state index in [-0.39, 0.29) is 6.61 Å². The Balaban J connectivity index is 3.43. The van der Waals surface area contributed by atoms with Gasteiger partial charge in [0.1, 0.15) is 6.61 Å². The normalized spacial score (nSPS) is 10.2. The maximum atomic E-state index is 10.6. The van der Waals surface area contributed by atoms with Gasteiger partial charge < -0.3 is 4.74 Å². The molecule has 0 rings (SSSR count). The van der Waals surface area contributed by atoms with Crippen molar-refractivity contribution in [3.05, 3.63) is 12.7 Å². The number of hydroxylamine groups is 1. The molecule has 68 valence electrons. The Morgan fingerprint density at radius 1 is 1.75 bits per heavy atom. The lowest BCUT2D eigenvalue weighted by molar-refractivity contribution is 0.112. The molecule has 0 aliphatic heterocycles. The Morgan fingerprint density at radius 3 is 2.92 bits per heavy atom. The molecule has 0 aromatic carbocycles. The van der Waals surface area contributed by atoms with Crippen LogP contribution in [0.2, 0.25) is 0 Å². The molecule has 0 aromatic rings. The van der Waals surface area contributed by atoms with Crippen molar-refractivity contribution in [3.63, 3.8) is 0 Å². The number of hydrogen-bond acceptors (Lipinski definition) is 4. The second kappa shape index (κ2) is 6.76. The van der Waals surface area contributed by atoms with Gasteiger partial charge in [-0.3, -0.25) is 0 Å². The summed E-state index contributed by atoms with van der Waals surface area (Å²) in [4.78, 5) is 10.6. The van der Waals surface area contributed by atoms with Gasteiger partial charge in [-0.2, -0.15) is 0 Å². The van der Waals surface area contributed by atoms with Crippen molar-refractivity contribution in [2.24, 2.45) is 0 Å². The summed E-state index contributed by atoms with van der Waals surface area (Å²) < 4.78 is 19.5. The highest BCUT2D eigenvalue weighted by Crippen LogP contribution is 2.17. The van der Waals surface area contributed by atoms with Crippen LogP contribution in [0.25, 0.3) is 0 Å². The second-order valence-corrected chi connectivity index (χ2v) is 3.21. The number of carbonyl (C=O) groups excluding carboxylic acids is 1. The van der Waals surface area contributed by atoms with E-state index in [9.17, 15) is 9.36 Å². The first kappa shape index (κ1) is 11.1. The maximum Gasteiger partial charge on any atom is 0.531 e. The van der Waals surface area contributed by atoms with Crippen LogP contribution in [-0.2, 0) is 13.9 Å². The van der Waals surface area contributed by atoms with E-state index < -0.39 is 14.1 Å². The van der Waals surface area contributed by atoms with Gasteiger partial charge >= 0.3 is 14.1 Å². The van der Waals surface area contributed by atoms with E-state index in [2.05, 4.69) is 15.9 Å². The number of hydrogen-bond donors (Lipinski definition) is 1. The van der Waals surface area contributed by atoms with Crippen molar-refractivity contribution in [1.82, 2.24) is 5.48 Å². The minimum atomic E-state index is -1.81. The Labute approximate surface area is 71.6 Å². The SMILES string of the molecule is C=CCOC(=O)NO[P+](=O)CC. The molecule has 0 heterocycles. The highest BCUT2D eigenvalue weighted by atomic mass is 31.1. The van der Waals surface area contributed by atoms with Crippen molar-refractivity contribution < 1.29 is 18.7 Å². The molecule has 1 amide bonds. The molecule has 5 nitrogen and oxygen atoms in total. The van der Waals surface area contributed by atoms with E-state index in [0.717, 1.165) is 0 Å². The van der Waals surface area contributed by atoms with Gasteiger partial charge in [-0.05, 0) is 16.1 Å². The second-order valence-electron chi connectivity index (χ2n) is 1.73. The first-order chi connectivity index (χ1) is 5.70. The minimum Gasteiger partial charge on any atom is -0.444 e. The third kappa shape index (κ3) is 5.82. The van der Waals surface area contributed by atoms with E-state index in [4.69, 9.17) is 0 Å². The number of amides is 1. The highest BCUT2D eigenvalue weighted by molar-refractivity contribution is 7.39. The van der Waals surface area contributed by atoms with Crippen LogP contribution in [0.1, 0.15) is 6.92 Å². The van der Waals surface area contributed by atoms with Crippen LogP contribution >= 0.6 is 8.03 Å². The molecule has 0 aliphatic carbocycles. The Bertz CT molecular complexity index is 182. The van der Waals surface area contributed by atoms with Crippen molar-refractivity contribution in [1.29, 1.82) is 0 Å². The summed E-state index contributed by atoms with van der Waals surface area (Å²) >= 11 is 0. The Morgan fingerprint density at radius 2 is 2.42 bits per heavy atom. The molecule has 1 N–H and O–H groups in total. The molecule has 0 saturated heterocycles. The molecule has 12 heavy (non-hydrogen) atoms. The predicted molar refractivity (Wildman–Crippen MR) is 43.9 cm³/mol. The topological polar surface area (TPSA) is 64.6 Å². The summed E-state index contributed by atoms with van der Waals surface area (Å²) in [5, 5.41) is 0. The van der Waals surface area contributed by atoms with Gasteiger partial charge in [-0.1, -0.05) is 12.7 Å². The van der Waals surface area contributed by atoms with Gasteiger partial charge in [0, 0.05) is 0 Å². The molecular weight excluding hydrogens is 181 g/mol. The largest absolute Gasteiger partial charge is 0.531 e. The summed E-state index contributed by atoms with van der Waals surface area (Å²) in [5.74, 6) is 0. The monoisotopic (exact) mass is 192 g/mol. The molecular formula is C6H11NO4P+. The summed E-state index contributed by atoms with van der Waals surface area (Å²) in [6.45, 7) is 5.11. The molecule has 0 saturated carbocycles. The fraction of sp³-hybridized carbons (Fsp3) is 0.500. The molecule has 0 spiro atoms. The van der Waals surface area contributed by atoms with Gasteiger partial charge in [0.05, 0.1) is 0 Å². The van der Waals surface area contributed by atoms with Crippen LogP contribution in [0, 0.1) is 0 Å². The molecule has 0 bridgehead atoms. The Hall–Kier alpha value is -0.930. The van der Waals surface area contributed by atoms with Crippen LogP contribution in [0.15, 0.2) is 12.7 Å². The van der Waals surface area contributed by atoms with Gasteiger partial charge in [0.2, 0.25) is 0 Å². The van der Waals surface area contributed by atoms with Crippen molar-refractivity contribution in [2.45, 2.75) is 6.92 Å². The van der Waals surface area contributed by atoms with Crippen LogP contribution in [0.5, 0.6) is 0 Å². The van der Waals surface area contributed by atoms with Crippen molar-refractivity contribution in [3.8, 4) is 0 Å². The van der Waals surface area contributed by atoms with Gasteiger partial charge in [-0.25, -0.2) is 4.79 Å². The number of carbonyl (C=O) groups is 1. The first-order valence-corrected chi connectivity index (χ1v) is 4.72. The zero-order chi connectivity index (χ0) is 9.40. The molecule has 0 radical (unpaired) electrons. The third-order valence-corrected chi connectivity index (χ3v) is 1.63. The van der Waals surface area contributed by atoms with Crippen LogP contribution in [0.4, 0.5) is 4.79 Å². The Kier molecular flexibility index (Phi) is 6.24. The van der Waals surface area contributed by atoms with Crippen molar-refractivity contribution in [2.75, 3.05) is 12.8 Å². The van der Waals surface area contributed by atoms with E-state index in [1.807, 2.05) is 5.48 Å². The average molecular weight is 192 g/mol. The van der Waals surface area contributed by atoms with E-state index in [1.54, 1.807) is 6.92 Å². The molecule has 6 heteroatoms. The van der Waals surface area contributed by atoms with Crippen LogP contribution < -0.4 is 5.48 Å². The highest BCUT2D eigenvalue weighted by Gasteiger charge is 2.15. The zero-order valence-corrected chi connectivity index (χ0v) is 7.67.